The number of benzene rings is 2. The Balaban J connectivity index is 1.64. The lowest BCUT2D eigenvalue weighted by atomic mass is 10.2. The molecule has 166 valence electrons. The number of carbonyl (C=O) groups is 2. The van der Waals surface area contributed by atoms with Crippen LogP contribution in [0.4, 0.5) is 0 Å². The van der Waals surface area contributed by atoms with E-state index in [0.717, 1.165) is 22.1 Å². The third kappa shape index (κ3) is 5.25. The normalized spacial score (nSPS) is 13.2. The fourth-order valence-electron chi connectivity index (χ4n) is 3.25. The minimum atomic E-state index is -0.362. The number of ether oxygens (including phenoxy) is 2. The van der Waals surface area contributed by atoms with Gasteiger partial charge in [0.05, 0.1) is 49.1 Å². The molecule has 0 aliphatic rings. The van der Waals surface area contributed by atoms with Crippen molar-refractivity contribution in [3.8, 4) is 0 Å². The number of esters is 2. The van der Waals surface area contributed by atoms with Gasteiger partial charge in [-0.15, -0.1) is 0 Å². The number of nitrogens with one attached hydrogen (secondary N) is 2. The number of hydrogen-bond donors (Lipinski definition) is 2. The highest BCUT2D eigenvalue weighted by molar-refractivity contribution is 8.03. The predicted octanol–water partition coefficient (Wildman–Crippen LogP) is 4.19. The highest BCUT2D eigenvalue weighted by atomic mass is 32.2. The summed E-state index contributed by atoms with van der Waals surface area (Å²) in [6.07, 6.45) is 0.209. The first-order valence-corrected chi connectivity index (χ1v) is 11.7. The maximum Gasteiger partial charge on any atom is 0.306 e. The molecular weight excluding hydrogens is 448 g/mol. The lowest BCUT2D eigenvalue weighted by Gasteiger charge is -2.23. The van der Waals surface area contributed by atoms with E-state index in [0.29, 0.717) is 10.3 Å². The number of carbonyl (C=O) groups excluding carboxylic acids is 2. The van der Waals surface area contributed by atoms with E-state index in [1.54, 1.807) is 0 Å². The van der Waals surface area contributed by atoms with Crippen molar-refractivity contribution in [2.45, 2.75) is 33.7 Å². The Morgan fingerprint density at radius 3 is 1.56 bits per heavy atom. The van der Waals surface area contributed by atoms with E-state index in [9.17, 15) is 9.59 Å². The molecule has 0 aliphatic heterocycles. The van der Waals surface area contributed by atoms with Crippen LogP contribution in [0.2, 0.25) is 0 Å². The van der Waals surface area contributed by atoms with E-state index in [-0.39, 0.29) is 35.3 Å². The van der Waals surface area contributed by atoms with Crippen LogP contribution in [0.15, 0.2) is 58.8 Å². The Labute approximate surface area is 192 Å². The van der Waals surface area contributed by atoms with Crippen LogP contribution in [-0.4, -0.2) is 56.6 Å². The Hall–Kier alpha value is -2.98. The van der Waals surface area contributed by atoms with Crippen LogP contribution >= 0.6 is 23.5 Å². The molecule has 2 N–H and O–H groups in total. The first kappa shape index (κ1) is 22.2. The van der Waals surface area contributed by atoms with Crippen LogP contribution < -0.4 is 0 Å². The molecule has 4 aromatic rings. The molecular formula is C22H22N4O4S2. The maximum absolute atomic E-state index is 12.2. The second-order valence-corrected chi connectivity index (χ2v) is 9.45. The van der Waals surface area contributed by atoms with Crippen molar-refractivity contribution in [2.75, 3.05) is 14.2 Å². The number of para-hydroxylation sites is 4. The average molecular weight is 471 g/mol. The summed E-state index contributed by atoms with van der Waals surface area (Å²) < 4.78 is 9.85. The van der Waals surface area contributed by atoms with Crippen LogP contribution in [0.3, 0.4) is 0 Å². The molecule has 8 nitrogen and oxygen atoms in total. The van der Waals surface area contributed by atoms with Crippen molar-refractivity contribution >= 4 is 57.5 Å². The molecule has 32 heavy (non-hydrogen) atoms. The molecule has 4 rings (SSSR count). The maximum atomic E-state index is 12.2. The van der Waals surface area contributed by atoms with E-state index in [4.69, 9.17) is 9.47 Å². The largest absolute Gasteiger partial charge is 0.469 e. The zero-order valence-corrected chi connectivity index (χ0v) is 19.2. The minimum absolute atomic E-state index is 0.104. The van der Waals surface area contributed by atoms with Gasteiger partial charge < -0.3 is 19.4 Å². The lowest BCUT2D eigenvalue weighted by Crippen LogP contribution is -2.27. The van der Waals surface area contributed by atoms with Gasteiger partial charge in [-0.3, -0.25) is 9.59 Å². The molecule has 2 unspecified atom stereocenters. The van der Waals surface area contributed by atoms with Crippen molar-refractivity contribution in [2.24, 2.45) is 0 Å². The zero-order valence-electron chi connectivity index (χ0n) is 17.5. The van der Waals surface area contributed by atoms with Crippen molar-refractivity contribution in [3.05, 3.63) is 48.5 Å². The number of rotatable bonds is 9. The first-order chi connectivity index (χ1) is 15.6. The topological polar surface area (TPSA) is 110 Å². The smallest absolute Gasteiger partial charge is 0.306 e. The number of H-pyrrole nitrogens is 2. The Bertz CT molecular complexity index is 1080. The third-order valence-electron chi connectivity index (χ3n) is 4.87. The number of hydrogen-bond acceptors (Lipinski definition) is 8. The summed E-state index contributed by atoms with van der Waals surface area (Å²) >= 11 is 2.81. The Morgan fingerprint density at radius 2 is 1.19 bits per heavy atom. The summed E-state index contributed by atoms with van der Waals surface area (Å²) in [4.78, 5) is 40.2. The molecule has 0 saturated heterocycles. The molecule has 0 fully saturated rings. The molecule has 2 atom stereocenters. The molecule has 2 heterocycles. The molecule has 0 amide bonds. The van der Waals surface area contributed by atoms with Gasteiger partial charge >= 0.3 is 11.9 Å². The second-order valence-electron chi connectivity index (χ2n) is 6.99. The number of aromatic nitrogens is 4. The van der Waals surface area contributed by atoms with Crippen molar-refractivity contribution in [3.63, 3.8) is 0 Å². The summed E-state index contributed by atoms with van der Waals surface area (Å²) in [5.41, 5.74) is 3.48. The van der Waals surface area contributed by atoms with E-state index < -0.39 is 0 Å². The molecule has 0 spiro atoms. The van der Waals surface area contributed by atoms with E-state index in [1.165, 1.54) is 37.7 Å². The standard InChI is InChI=1S/C22H22N4O4S2/c1-29-19(27)11-17(31-21-23-13-7-3-4-8-14(13)24-21)18(12-20(28)30-2)32-22-25-15-9-5-6-10-16(15)26-22/h3-10,17-18H,11-12H2,1-2H3,(H,23,24)(H,25,26). The molecule has 0 aliphatic carbocycles. The van der Waals surface area contributed by atoms with Gasteiger partial charge in [0.1, 0.15) is 0 Å². The van der Waals surface area contributed by atoms with E-state index in [2.05, 4.69) is 19.9 Å². The fraction of sp³-hybridized carbons (Fsp3) is 0.273. The highest BCUT2D eigenvalue weighted by Gasteiger charge is 2.31. The van der Waals surface area contributed by atoms with Crippen LogP contribution in [0.5, 0.6) is 0 Å². The quantitative estimate of drug-likeness (QED) is 0.277. The van der Waals surface area contributed by atoms with Crippen LogP contribution in [0, 0.1) is 0 Å². The number of thioether (sulfide) groups is 2. The summed E-state index contributed by atoms with van der Waals surface area (Å²) in [6, 6.07) is 15.4. The van der Waals surface area contributed by atoms with Gasteiger partial charge in [0.25, 0.3) is 0 Å². The SMILES string of the molecule is COC(=O)CC(Sc1nc2ccccc2[nH]1)C(CC(=O)OC)Sc1nc2ccccc2[nH]1. The summed E-state index contributed by atoms with van der Waals surface area (Å²) in [6.45, 7) is 0. The van der Waals surface area contributed by atoms with Crippen LogP contribution in [0.1, 0.15) is 12.8 Å². The van der Waals surface area contributed by atoms with Crippen LogP contribution in [0.25, 0.3) is 22.1 Å². The molecule has 10 heteroatoms. The molecule has 0 saturated carbocycles. The van der Waals surface area contributed by atoms with Gasteiger partial charge in [-0.2, -0.15) is 0 Å². The molecule has 2 aromatic carbocycles. The number of methoxy groups -OCH3 is 2. The van der Waals surface area contributed by atoms with E-state index in [1.807, 2.05) is 48.5 Å². The molecule has 0 bridgehead atoms. The van der Waals surface area contributed by atoms with Crippen molar-refractivity contribution in [1.29, 1.82) is 0 Å². The highest BCUT2D eigenvalue weighted by Crippen LogP contribution is 2.37. The van der Waals surface area contributed by atoms with Crippen molar-refractivity contribution < 1.29 is 19.1 Å². The summed E-state index contributed by atoms with van der Waals surface area (Å²) in [5.74, 6) is -0.725. The summed E-state index contributed by atoms with van der Waals surface area (Å²) in [5, 5.41) is 0.695. The van der Waals surface area contributed by atoms with Gasteiger partial charge in [0.15, 0.2) is 10.3 Å². The summed E-state index contributed by atoms with van der Waals surface area (Å²) in [7, 11) is 2.71. The van der Waals surface area contributed by atoms with Gasteiger partial charge in [-0.1, -0.05) is 47.8 Å². The van der Waals surface area contributed by atoms with Crippen molar-refractivity contribution in [1.82, 2.24) is 19.9 Å². The number of aromatic amines is 2. The fourth-order valence-corrected chi connectivity index (χ4v) is 5.73. The monoisotopic (exact) mass is 470 g/mol. The Morgan fingerprint density at radius 1 is 0.781 bits per heavy atom. The molecule has 2 aromatic heterocycles. The number of imidazole rings is 2. The van der Waals surface area contributed by atoms with Gasteiger partial charge in [-0.25, -0.2) is 9.97 Å². The molecule has 0 radical (unpaired) electrons. The minimum Gasteiger partial charge on any atom is -0.469 e. The van der Waals surface area contributed by atoms with E-state index >= 15 is 0 Å². The predicted molar refractivity (Wildman–Crippen MR) is 125 cm³/mol. The number of fused-ring (bicyclic) bond motifs is 2. The van der Waals surface area contributed by atoms with Crippen LogP contribution in [-0.2, 0) is 19.1 Å². The number of nitrogens with zero attached hydrogens (tertiary/aromatic N) is 2. The average Bonchev–Trinajstić information content (AvgIpc) is 3.40. The Kier molecular flexibility index (Phi) is 7.01. The van der Waals surface area contributed by atoms with Gasteiger partial charge in [-0.05, 0) is 24.3 Å². The van der Waals surface area contributed by atoms with Gasteiger partial charge in [0.2, 0.25) is 0 Å². The lowest BCUT2D eigenvalue weighted by molar-refractivity contribution is -0.142. The zero-order chi connectivity index (χ0) is 22.5. The second kappa shape index (κ2) is 10.1. The third-order valence-corrected chi connectivity index (χ3v) is 7.47. The van der Waals surface area contributed by atoms with Gasteiger partial charge in [0, 0.05) is 10.5 Å². The first-order valence-electron chi connectivity index (χ1n) is 9.92.